The smallest absolute Gasteiger partial charge is 0.271 e. The molecule has 8 heteroatoms. The minimum Gasteiger partial charge on any atom is -0.456 e. The number of H-pyrrole nitrogens is 1. The Morgan fingerprint density at radius 3 is 2.79 bits per heavy atom. The first kappa shape index (κ1) is 24.9. The minimum atomic E-state index is -0.235. The quantitative estimate of drug-likeness (QED) is 0.363. The van der Waals surface area contributed by atoms with Gasteiger partial charge in [0.2, 0.25) is 0 Å². The zero-order chi connectivity index (χ0) is 25.9. The Morgan fingerprint density at radius 1 is 1.05 bits per heavy atom. The Balaban J connectivity index is 1.14. The molecule has 200 valence electrons. The highest BCUT2D eigenvalue weighted by Crippen LogP contribution is 2.43. The summed E-state index contributed by atoms with van der Waals surface area (Å²) in [5.41, 5.74) is 5.04. The lowest BCUT2D eigenvalue weighted by Crippen LogP contribution is -2.41. The van der Waals surface area contributed by atoms with Crippen LogP contribution in [0.2, 0.25) is 0 Å². The largest absolute Gasteiger partial charge is 0.456 e. The number of ether oxygens (including phenoxy) is 2. The summed E-state index contributed by atoms with van der Waals surface area (Å²) in [5.74, 6) is 1.75. The van der Waals surface area contributed by atoms with E-state index in [1.807, 2.05) is 12.1 Å². The summed E-state index contributed by atoms with van der Waals surface area (Å²) in [7, 11) is 0. The van der Waals surface area contributed by atoms with Gasteiger partial charge >= 0.3 is 0 Å². The van der Waals surface area contributed by atoms with Crippen LogP contribution in [0.25, 0.3) is 0 Å². The molecule has 0 bridgehead atoms. The van der Waals surface area contributed by atoms with Crippen LogP contribution in [0.15, 0.2) is 59.5 Å². The van der Waals surface area contributed by atoms with Gasteiger partial charge in [0.05, 0.1) is 13.3 Å². The van der Waals surface area contributed by atoms with Crippen molar-refractivity contribution in [2.45, 2.75) is 37.8 Å². The Bertz CT molecular complexity index is 1320. The molecule has 2 fully saturated rings. The van der Waals surface area contributed by atoms with Crippen molar-refractivity contribution in [3.05, 3.63) is 81.8 Å². The third kappa shape index (κ3) is 5.28. The standard InChI is InChI=1S/C30H35FN4O3/c31-11-3-13-34-14-9-23(10-15-34)33-24-7-8-27-22(19-24)18-21-4-1-5-25(29(21)38-27)28-20-35(16-17-37-28)26-6-2-12-32-30(26)36/h1-2,4-8,12,19,23,28,33H,3,9-11,13-18,20H2,(H,32,36). The molecule has 7 nitrogen and oxygen atoms in total. The van der Waals surface area contributed by atoms with E-state index in [0.29, 0.717) is 37.8 Å². The van der Waals surface area contributed by atoms with Crippen LogP contribution in [0.1, 0.15) is 42.1 Å². The number of para-hydroxylation sites is 1. The third-order valence-electron chi connectivity index (χ3n) is 7.90. The van der Waals surface area contributed by atoms with Gasteiger partial charge in [0.25, 0.3) is 5.56 Å². The van der Waals surface area contributed by atoms with E-state index in [2.05, 4.69) is 56.5 Å². The fourth-order valence-electron chi connectivity index (χ4n) is 5.88. The van der Waals surface area contributed by atoms with E-state index >= 15 is 0 Å². The average Bonchev–Trinajstić information content (AvgIpc) is 2.96. The first-order chi connectivity index (χ1) is 18.7. The molecular weight excluding hydrogens is 483 g/mol. The zero-order valence-electron chi connectivity index (χ0n) is 21.6. The molecule has 3 aliphatic rings. The SMILES string of the molecule is O=c1[nH]cccc1N1CCOC(c2cccc3c2Oc2ccc(NC4CCN(CCCF)CC4)cc2C3)C1. The fourth-order valence-corrected chi connectivity index (χ4v) is 5.88. The Morgan fingerprint density at radius 2 is 1.95 bits per heavy atom. The van der Waals surface area contributed by atoms with E-state index < -0.39 is 0 Å². The van der Waals surface area contributed by atoms with Gasteiger partial charge in [-0.3, -0.25) is 9.18 Å². The van der Waals surface area contributed by atoms with Gasteiger partial charge in [0, 0.05) is 68.2 Å². The number of alkyl halides is 1. The van der Waals surface area contributed by atoms with Crippen molar-refractivity contribution in [3.63, 3.8) is 0 Å². The number of benzene rings is 2. The molecule has 0 amide bonds. The molecule has 0 spiro atoms. The number of rotatable bonds is 7. The summed E-state index contributed by atoms with van der Waals surface area (Å²) in [6, 6.07) is 16.8. The number of pyridine rings is 1. The number of hydrogen-bond acceptors (Lipinski definition) is 6. The summed E-state index contributed by atoms with van der Waals surface area (Å²) in [5, 5.41) is 3.71. The van der Waals surface area contributed by atoms with Crippen LogP contribution in [0.3, 0.4) is 0 Å². The maximum Gasteiger partial charge on any atom is 0.271 e. The number of piperidine rings is 1. The fraction of sp³-hybridized carbons (Fsp3) is 0.433. The van der Waals surface area contributed by atoms with E-state index in [4.69, 9.17) is 9.47 Å². The number of anilines is 2. The Kier molecular flexibility index (Phi) is 7.33. The van der Waals surface area contributed by atoms with E-state index in [1.165, 1.54) is 5.56 Å². The topological polar surface area (TPSA) is 69.8 Å². The first-order valence-corrected chi connectivity index (χ1v) is 13.7. The molecule has 1 aromatic heterocycles. The van der Waals surface area contributed by atoms with Crippen LogP contribution in [0.5, 0.6) is 11.5 Å². The maximum atomic E-state index is 12.5. The predicted molar refractivity (Wildman–Crippen MR) is 147 cm³/mol. The lowest BCUT2D eigenvalue weighted by molar-refractivity contribution is 0.0383. The number of aromatic nitrogens is 1. The van der Waals surface area contributed by atoms with Crippen LogP contribution in [0.4, 0.5) is 15.8 Å². The number of hydrogen-bond donors (Lipinski definition) is 2. The second-order valence-electron chi connectivity index (χ2n) is 10.4. The van der Waals surface area contributed by atoms with Gasteiger partial charge in [0.1, 0.15) is 23.3 Å². The minimum absolute atomic E-state index is 0.0832. The molecule has 3 aliphatic heterocycles. The second kappa shape index (κ2) is 11.2. The number of halogens is 1. The van der Waals surface area contributed by atoms with Crippen molar-refractivity contribution >= 4 is 11.4 Å². The number of aromatic amines is 1. The molecule has 1 unspecified atom stereocenters. The highest BCUT2D eigenvalue weighted by Gasteiger charge is 2.29. The Hall–Kier alpha value is -3.36. The zero-order valence-corrected chi connectivity index (χ0v) is 21.6. The Labute approximate surface area is 222 Å². The number of nitrogens with zero attached hydrogens (tertiary/aromatic N) is 2. The van der Waals surface area contributed by atoms with Gasteiger partial charge in [-0.2, -0.15) is 0 Å². The normalized spacial score (nSPS) is 19.9. The molecule has 0 saturated carbocycles. The summed E-state index contributed by atoms with van der Waals surface area (Å²) >= 11 is 0. The van der Waals surface area contributed by atoms with Gasteiger partial charge in [-0.25, -0.2) is 0 Å². The van der Waals surface area contributed by atoms with Crippen LogP contribution in [0, 0.1) is 0 Å². The van der Waals surface area contributed by atoms with E-state index in [0.717, 1.165) is 67.2 Å². The second-order valence-corrected chi connectivity index (χ2v) is 10.4. The molecule has 2 saturated heterocycles. The molecule has 38 heavy (non-hydrogen) atoms. The highest BCUT2D eigenvalue weighted by atomic mass is 19.1. The van der Waals surface area contributed by atoms with Crippen LogP contribution >= 0.6 is 0 Å². The highest BCUT2D eigenvalue weighted by molar-refractivity contribution is 5.59. The van der Waals surface area contributed by atoms with Crippen molar-refractivity contribution < 1.29 is 13.9 Å². The van der Waals surface area contributed by atoms with Crippen molar-refractivity contribution in [1.82, 2.24) is 9.88 Å². The number of fused-ring (bicyclic) bond motifs is 2. The average molecular weight is 519 g/mol. The van der Waals surface area contributed by atoms with Gasteiger partial charge in [-0.1, -0.05) is 18.2 Å². The molecule has 3 aromatic rings. The summed E-state index contributed by atoms with van der Waals surface area (Å²) in [4.78, 5) is 19.6. The monoisotopic (exact) mass is 518 g/mol. The van der Waals surface area contributed by atoms with Gasteiger partial charge in [0.15, 0.2) is 0 Å². The van der Waals surface area contributed by atoms with Crippen molar-refractivity contribution in [1.29, 1.82) is 0 Å². The van der Waals surface area contributed by atoms with Crippen LogP contribution in [-0.4, -0.2) is 61.9 Å². The van der Waals surface area contributed by atoms with Crippen LogP contribution in [-0.2, 0) is 11.2 Å². The number of morpholine rings is 1. The molecule has 4 heterocycles. The molecule has 0 aliphatic carbocycles. The lowest BCUT2D eigenvalue weighted by Gasteiger charge is -2.35. The molecule has 2 N–H and O–H groups in total. The van der Waals surface area contributed by atoms with Gasteiger partial charge in [-0.15, -0.1) is 0 Å². The van der Waals surface area contributed by atoms with Crippen molar-refractivity contribution in [3.8, 4) is 11.5 Å². The van der Waals surface area contributed by atoms with Crippen LogP contribution < -0.4 is 20.5 Å². The molecule has 2 aromatic carbocycles. The summed E-state index contributed by atoms with van der Waals surface area (Å²) in [6.45, 7) is 4.46. The first-order valence-electron chi connectivity index (χ1n) is 13.7. The van der Waals surface area contributed by atoms with Crippen molar-refractivity contribution in [2.24, 2.45) is 0 Å². The molecule has 0 radical (unpaired) electrons. The molecule has 6 rings (SSSR count). The molecular formula is C30H35FN4O3. The maximum absolute atomic E-state index is 12.5. The summed E-state index contributed by atoms with van der Waals surface area (Å²) in [6.07, 6.45) is 5.04. The summed E-state index contributed by atoms with van der Waals surface area (Å²) < 4.78 is 25.2. The van der Waals surface area contributed by atoms with E-state index in [-0.39, 0.29) is 18.3 Å². The predicted octanol–water partition coefficient (Wildman–Crippen LogP) is 4.89. The van der Waals surface area contributed by atoms with Crippen molar-refractivity contribution in [2.75, 3.05) is 56.2 Å². The lowest BCUT2D eigenvalue weighted by atomic mass is 9.95. The number of likely N-dealkylation sites (tertiary alicyclic amines) is 1. The molecule has 1 atom stereocenters. The van der Waals surface area contributed by atoms with Gasteiger partial charge in [-0.05, 0) is 55.2 Å². The third-order valence-corrected chi connectivity index (χ3v) is 7.90. The van der Waals surface area contributed by atoms with Gasteiger partial charge < -0.3 is 29.6 Å². The number of nitrogens with one attached hydrogen (secondary N) is 2. The van der Waals surface area contributed by atoms with E-state index in [9.17, 15) is 9.18 Å². The van der Waals surface area contributed by atoms with E-state index in [1.54, 1.807) is 6.20 Å².